The standard InChI is InChI=1S/C16H20B2N2O3/c1-22-18-20-11-3-5-13-12-4-2-10(17-23-9-19)6-14(12)16(8-21)15(13)7-11/h2-7,16-18,20-21H,8-9,19H2,1H3. The number of aliphatic hydroxyl groups excluding tert-OH is 1. The summed E-state index contributed by atoms with van der Waals surface area (Å²) in [5, 5.41) is 13.1. The third-order valence-electron chi connectivity index (χ3n) is 4.20. The van der Waals surface area contributed by atoms with Gasteiger partial charge in [0.15, 0.2) is 0 Å². The van der Waals surface area contributed by atoms with Crippen molar-refractivity contribution in [2.75, 3.05) is 25.7 Å². The number of rotatable bonds is 7. The summed E-state index contributed by atoms with van der Waals surface area (Å²) in [5.41, 5.74) is 12.1. The summed E-state index contributed by atoms with van der Waals surface area (Å²) in [6.45, 7) is 0.282. The van der Waals surface area contributed by atoms with Crippen LogP contribution in [-0.2, 0) is 9.31 Å². The van der Waals surface area contributed by atoms with E-state index in [9.17, 15) is 5.11 Å². The second-order valence-electron chi connectivity index (χ2n) is 5.58. The fourth-order valence-electron chi connectivity index (χ4n) is 3.14. The molecule has 0 saturated heterocycles. The summed E-state index contributed by atoms with van der Waals surface area (Å²) < 4.78 is 10.3. The van der Waals surface area contributed by atoms with Crippen LogP contribution in [0.15, 0.2) is 36.4 Å². The monoisotopic (exact) mass is 310 g/mol. The number of anilines is 1. The van der Waals surface area contributed by atoms with Gasteiger partial charge < -0.3 is 25.4 Å². The summed E-state index contributed by atoms with van der Waals surface area (Å²) in [6.07, 6.45) is 0. The smallest absolute Gasteiger partial charge is 0.393 e. The Labute approximate surface area is 137 Å². The molecular weight excluding hydrogens is 290 g/mol. The molecular formula is C16H20B2N2O3. The van der Waals surface area contributed by atoms with Crippen molar-refractivity contribution in [2.45, 2.75) is 5.92 Å². The molecule has 4 N–H and O–H groups in total. The normalized spacial score (nSPS) is 15.0. The van der Waals surface area contributed by atoms with Crippen LogP contribution in [0.2, 0.25) is 0 Å². The molecule has 0 aromatic heterocycles. The highest BCUT2D eigenvalue weighted by Gasteiger charge is 2.28. The average Bonchev–Trinajstić information content (AvgIpc) is 2.90. The third kappa shape index (κ3) is 3.14. The number of nitrogens with one attached hydrogen (secondary N) is 1. The quantitative estimate of drug-likeness (QED) is 0.497. The Morgan fingerprint density at radius 3 is 2.61 bits per heavy atom. The SMILES string of the molecule is COBNc1ccc2c(c1)C(CO)c1cc(BOCN)ccc1-2. The van der Waals surface area contributed by atoms with Crippen molar-refractivity contribution >= 4 is 26.2 Å². The minimum atomic E-state index is -0.0119. The highest BCUT2D eigenvalue weighted by atomic mass is 16.4. The Balaban J connectivity index is 1.95. The van der Waals surface area contributed by atoms with Gasteiger partial charge in [-0.1, -0.05) is 29.7 Å². The van der Waals surface area contributed by atoms with Gasteiger partial charge >= 0.3 is 15.1 Å². The Hall–Kier alpha value is -1.79. The van der Waals surface area contributed by atoms with Crippen molar-refractivity contribution in [1.82, 2.24) is 0 Å². The van der Waals surface area contributed by atoms with E-state index in [4.69, 9.17) is 15.0 Å². The van der Waals surface area contributed by atoms with Gasteiger partial charge in [0.05, 0.1) is 13.3 Å². The van der Waals surface area contributed by atoms with Gasteiger partial charge in [0.2, 0.25) is 0 Å². The van der Waals surface area contributed by atoms with Crippen LogP contribution in [0.1, 0.15) is 17.0 Å². The summed E-state index contributed by atoms with van der Waals surface area (Å²) in [6, 6.07) is 12.5. The topological polar surface area (TPSA) is 76.7 Å². The van der Waals surface area contributed by atoms with Gasteiger partial charge in [-0.2, -0.15) is 0 Å². The minimum absolute atomic E-state index is 0.0119. The van der Waals surface area contributed by atoms with Crippen LogP contribution >= 0.6 is 0 Å². The minimum Gasteiger partial charge on any atom is -0.422 e. The molecule has 2 aromatic rings. The van der Waals surface area contributed by atoms with E-state index in [2.05, 4.69) is 35.6 Å². The molecule has 0 saturated carbocycles. The Bertz CT molecular complexity index is 640. The lowest BCUT2D eigenvalue weighted by Crippen LogP contribution is -2.21. The van der Waals surface area contributed by atoms with Crippen molar-refractivity contribution in [3.05, 3.63) is 47.5 Å². The van der Waals surface area contributed by atoms with E-state index in [-0.39, 0.29) is 19.3 Å². The number of benzene rings is 2. The van der Waals surface area contributed by atoms with Crippen LogP contribution in [0.4, 0.5) is 5.69 Å². The summed E-state index contributed by atoms with van der Waals surface area (Å²) in [4.78, 5) is 0. The first kappa shape index (κ1) is 16.1. The lowest BCUT2D eigenvalue weighted by Gasteiger charge is -2.12. The predicted molar refractivity (Wildman–Crippen MR) is 95.5 cm³/mol. The lowest BCUT2D eigenvalue weighted by molar-refractivity contribution is 0.282. The van der Waals surface area contributed by atoms with E-state index in [0.717, 1.165) is 22.3 Å². The highest BCUT2D eigenvalue weighted by molar-refractivity contribution is 6.47. The number of hydrogen-bond donors (Lipinski definition) is 3. The molecule has 0 spiro atoms. The summed E-state index contributed by atoms with van der Waals surface area (Å²) in [7, 11) is 2.59. The van der Waals surface area contributed by atoms with Gasteiger partial charge in [0.1, 0.15) is 0 Å². The molecule has 1 unspecified atom stereocenters. The van der Waals surface area contributed by atoms with Crippen LogP contribution < -0.4 is 16.4 Å². The van der Waals surface area contributed by atoms with E-state index in [1.165, 1.54) is 11.1 Å². The van der Waals surface area contributed by atoms with Gasteiger partial charge in [-0.15, -0.1) is 0 Å². The number of fused-ring (bicyclic) bond motifs is 3. The molecule has 0 aliphatic heterocycles. The molecule has 0 amide bonds. The molecule has 0 fully saturated rings. The molecule has 0 radical (unpaired) electrons. The Kier molecular flexibility index (Phi) is 5.03. The molecule has 1 aliphatic rings. The van der Waals surface area contributed by atoms with Crippen molar-refractivity contribution in [2.24, 2.45) is 5.73 Å². The second kappa shape index (κ2) is 7.19. The van der Waals surface area contributed by atoms with Crippen LogP contribution in [-0.4, -0.2) is 40.7 Å². The summed E-state index contributed by atoms with van der Waals surface area (Å²) in [5.74, 6) is -0.0119. The number of hydrogen-bond acceptors (Lipinski definition) is 5. The molecule has 3 rings (SSSR count). The third-order valence-corrected chi connectivity index (χ3v) is 4.20. The average molecular weight is 310 g/mol. The van der Waals surface area contributed by atoms with E-state index in [1.54, 1.807) is 7.11 Å². The van der Waals surface area contributed by atoms with E-state index >= 15 is 0 Å². The van der Waals surface area contributed by atoms with Crippen LogP contribution in [0.5, 0.6) is 0 Å². The molecule has 0 bridgehead atoms. The maximum Gasteiger partial charge on any atom is 0.393 e. The van der Waals surface area contributed by atoms with Crippen LogP contribution in [0, 0.1) is 0 Å². The zero-order valence-corrected chi connectivity index (χ0v) is 13.2. The zero-order valence-electron chi connectivity index (χ0n) is 13.2. The van der Waals surface area contributed by atoms with Gasteiger partial charge in [-0.25, -0.2) is 0 Å². The van der Waals surface area contributed by atoms with E-state index in [1.807, 2.05) is 6.07 Å². The zero-order chi connectivity index (χ0) is 16.2. The fraction of sp³-hybridized carbons (Fsp3) is 0.250. The Morgan fingerprint density at radius 1 is 1.17 bits per heavy atom. The molecule has 1 aliphatic carbocycles. The van der Waals surface area contributed by atoms with Crippen molar-refractivity contribution in [1.29, 1.82) is 0 Å². The molecule has 0 heterocycles. The van der Waals surface area contributed by atoms with Gasteiger partial charge in [0.25, 0.3) is 0 Å². The highest BCUT2D eigenvalue weighted by Crippen LogP contribution is 2.44. The van der Waals surface area contributed by atoms with Crippen LogP contribution in [0.25, 0.3) is 11.1 Å². The fourth-order valence-corrected chi connectivity index (χ4v) is 3.14. The number of nitrogens with two attached hydrogens (primary N) is 1. The largest absolute Gasteiger partial charge is 0.422 e. The summed E-state index contributed by atoms with van der Waals surface area (Å²) >= 11 is 0. The lowest BCUT2D eigenvalue weighted by atomic mass is 9.84. The van der Waals surface area contributed by atoms with E-state index in [0.29, 0.717) is 15.1 Å². The van der Waals surface area contributed by atoms with Crippen molar-refractivity contribution in [3.8, 4) is 11.1 Å². The van der Waals surface area contributed by atoms with Gasteiger partial charge in [-0.05, 0) is 34.4 Å². The first-order valence-electron chi connectivity index (χ1n) is 7.67. The second-order valence-corrected chi connectivity index (χ2v) is 5.58. The van der Waals surface area contributed by atoms with Crippen LogP contribution in [0.3, 0.4) is 0 Å². The molecule has 5 nitrogen and oxygen atoms in total. The predicted octanol–water partition coefficient (Wildman–Crippen LogP) is 0.0256. The van der Waals surface area contributed by atoms with Crippen molar-refractivity contribution < 1.29 is 14.4 Å². The number of aliphatic hydroxyl groups is 1. The first-order valence-corrected chi connectivity index (χ1v) is 7.67. The maximum atomic E-state index is 9.90. The molecule has 23 heavy (non-hydrogen) atoms. The maximum absolute atomic E-state index is 9.90. The molecule has 7 heteroatoms. The van der Waals surface area contributed by atoms with Gasteiger partial charge in [0, 0.05) is 18.7 Å². The molecule has 2 aromatic carbocycles. The first-order chi connectivity index (χ1) is 11.3. The van der Waals surface area contributed by atoms with Gasteiger partial charge in [-0.3, -0.25) is 0 Å². The van der Waals surface area contributed by atoms with E-state index < -0.39 is 0 Å². The molecule has 1 atom stereocenters. The van der Waals surface area contributed by atoms with Crippen molar-refractivity contribution in [3.63, 3.8) is 0 Å². The Morgan fingerprint density at radius 2 is 1.91 bits per heavy atom. The molecule has 118 valence electrons.